The van der Waals surface area contributed by atoms with Crippen molar-refractivity contribution in [2.75, 3.05) is 5.32 Å². The smallest absolute Gasteiger partial charge is 0.282 e. The topological polar surface area (TPSA) is 81.5 Å². The summed E-state index contributed by atoms with van der Waals surface area (Å²) in [5.41, 5.74) is 1.13. The third-order valence-electron chi connectivity index (χ3n) is 3.81. The Balaban J connectivity index is 1.65. The van der Waals surface area contributed by atoms with Crippen molar-refractivity contribution in [1.82, 2.24) is 0 Å². The van der Waals surface area contributed by atoms with Gasteiger partial charge in [-0.05, 0) is 36.4 Å². The first-order valence-corrected chi connectivity index (χ1v) is 8.43. The summed E-state index contributed by atoms with van der Waals surface area (Å²) in [6.07, 6.45) is 0. The summed E-state index contributed by atoms with van der Waals surface area (Å²) in [7, 11) is 0. The van der Waals surface area contributed by atoms with E-state index in [4.69, 9.17) is 16.3 Å². The van der Waals surface area contributed by atoms with Crippen molar-refractivity contribution < 1.29 is 14.5 Å². The first kappa shape index (κ1) is 18.4. The van der Waals surface area contributed by atoms with E-state index in [-0.39, 0.29) is 11.3 Å². The zero-order valence-corrected chi connectivity index (χ0v) is 14.8. The Kier molecular flexibility index (Phi) is 5.68. The normalized spacial score (nSPS) is 10.3. The van der Waals surface area contributed by atoms with Gasteiger partial charge in [0.2, 0.25) is 0 Å². The number of benzene rings is 3. The molecule has 0 aromatic heterocycles. The van der Waals surface area contributed by atoms with Crippen LogP contribution in [0.3, 0.4) is 0 Å². The number of halogens is 1. The minimum absolute atomic E-state index is 0.00143. The molecule has 0 saturated carbocycles. The van der Waals surface area contributed by atoms with Crippen molar-refractivity contribution in [3.05, 3.63) is 99.1 Å². The predicted molar refractivity (Wildman–Crippen MR) is 103 cm³/mol. The van der Waals surface area contributed by atoms with Crippen LogP contribution in [0.4, 0.5) is 11.4 Å². The number of para-hydroxylation sites is 1. The van der Waals surface area contributed by atoms with Gasteiger partial charge in [-0.15, -0.1) is 0 Å². The number of hydrogen-bond donors (Lipinski definition) is 1. The van der Waals surface area contributed by atoms with Crippen molar-refractivity contribution in [2.45, 2.75) is 6.61 Å². The highest BCUT2D eigenvalue weighted by Gasteiger charge is 2.19. The zero-order chi connectivity index (χ0) is 19.2. The number of anilines is 1. The van der Waals surface area contributed by atoms with Crippen molar-refractivity contribution >= 4 is 28.9 Å². The summed E-state index contributed by atoms with van der Waals surface area (Å²) < 4.78 is 5.68. The van der Waals surface area contributed by atoms with Crippen LogP contribution in [-0.2, 0) is 6.61 Å². The molecule has 1 amide bonds. The standard InChI is InChI=1S/C20H15ClN2O4/c21-18-7-3-1-5-14(18)13-27-16-11-9-15(10-12-16)22-20(24)17-6-2-4-8-19(17)23(25)26/h1-12H,13H2,(H,22,24). The summed E-state index contributed by atoms with van der Waals surface area (Å²) in [6.45, 7) is 0.321. The maximum atomic E-state index is 12.3. The van der Waals surface area contributed by atoms with E-state index in [1.54, 1.807) is 36.4 Å². The van der Waals surface area contributed by atoms with Gasteiger partial charge in [-0.25, -0.2) is 0 Å². The Labute approximate surface area is 160 Å². The maximum absolute atomic E-state index is 12.3. The molecule has 0 radical (unpaired) electrons. The molecule has 3 aromatic rings. The van der Waals surface area contributed by atoms with Crippen LogP contribution in [0, 0.1) is 10.1 Å². The fraction of sp³-hybridized carbons (Fsp3) is 0.0500. The summed E-state index contributed by atoms with van der Waals surface area (Å²) >= 11 is 6.09. The number of nitrogens with zero attached hydrogens (tertiary/aromatic N) is 1. The summed E-state index contributed by atoms with van der Waals surface area (Å²) in [4.78, 5) is 22.8. The summed E-state index contributed by atoms with van der Waals surface area (Å²) in [5.74, 6) is 0.0608. The average Bonchev–Trinajstić information content (AvgIpc) is 2.68. The van der Waals surface area contributed by atoms with Gasteiger partial charge in [0.05, 0.1) is 4.92 Å². The van der Waals surface area contributed by atoms with Gasteiger partial charge in [0.15, 0.2) is 0 Å². The molecular weight excluding hydrogens is 368 g/mol. The van der Waals surface area contributed by atoms with Crippen LogP contribution in [0.25, 0.3) is 0 Å². The van der Waals surface area contributed by atoms with E-state index in [9.17, 15) is 14.9 Å². The first-order chi connectivity index (χ1) is 13.0. The fourth-order valence-electron chi connectivity index (χ4n) is 2.43. The van der Waals surface area contributed by atoms with Crippen LogP contribution < -0.4 is 10.1 Å². The molecule has 7 heteroatoms. The molecule has 1 N–H and O–H groups in total. The highest BCUT2D eigenvalue weighted by molar-refractivity contribution is 6.31. The quantitative estimate of drug-likeness (QED) is 0.476. The highest BCUT2D eigenvalue weighted by atomic mass is 35.5. The fourth-order valence-corrected chi connectivity index (χ4v) is 2.62. The monoisotopic (exact) mass is 382 g/mol. The molecule has 0 aliphatic carbocycles. The van der Waals surface area contributed by atoms with Crippen molar-refractivity contribution in [3.63, 3.8) is 0 Å². The number of carbonyl (C=O) groups excluding carboxylic acids is 1. The molecule has 27 heavy (non-hydrogen) atoms. The zero-order valence-electron chi connectivity index (χ0n) is 14.1. The maximum Gasteiger partial charge on any atom is 0.282 e. The molecule has 0 saturated heterocycles. The van der Waals surface area contributed by atoms with E-state index in [2.05, 4.69) is 5.32 Å². The third-order valence-corrected chi connectivity index (χ3v) is 4.18. The van der Waals surface area contributed by atoms with Crippen LogP contribution in [0.15, 0.2) is 72.8 Å². The molecule has 136 valence electrons. The molecule has 0 unspecified atom stereocenters. The molecule has 0 aliphatic heterocycles. The number of carbonyl (C=O) groups is 1. The Morgan fingerprint density at radius 3 is 2.37 bits per heavy atom. The largest absolute Gasteiger partial charge is 0.489 e. The lowest BCUT2D eigenvalue weighted by molar-refractivity contribution is -0.385. The Morgan fingerprint density at radius 2 is 1.67 bits per heavy atom. The van der Waals surface area contributed by atoms with Crippen molar-refractivity contribution in [1.29, 1.82) is 0 Å². The molecule has 3 rings (SSSR count). The molecule has 0 fully saturated rings. The lowest BCUT2D eigenvalue weighted by Gasteiger charge is -2.09. The Hall–Kier alpha value is -3.38. The van der Waals surface area contributed by atoms with Gasteiger partial charge in [-0.2, -0.15) is 0 Å². The van der Waals surface area contributed by atoms with Crippen LogP contribution in [0.5, 0.6) is 5.75 Å². The third kappa shape index (κ3) is 4.62. The van der Waals surface area contributed by atoms with Gasteiger partial charge >= 0.3 is 0 Å². The van der Waals surface area contributed by atoms with E-state index in [1.807, 2.05) is 18.2 Å². The minimum Gasteiger partial charge on any atom is -0.489 e. The average molecular weight is 383 g/mol. The van der Waals surface area contributed by atoms with Crippen LogP contribution in [-0.4, -0.2) is 10.8 Å². The van der Waals surface area contributed by atoms with Gasteiger partial charge in [0.1, 0.15) is 17.9 Å². The molecule has 0 aliphatic rings. The Morgan fingerprint density at radius 1 is 1.00 bits per heavy atom. The predicted octanol–water partition coefficient (Wildman–Crippen LogP) is 5.08. The number of hydrogen-bond acceptors (Lipinski definition) is 4. The van der Waals surface area contributed by atoms with Crippen LogP contribution >= 0.6 is 11.6 Å². The molecule has 0 spiro atoms. The van der Waals surface area contributed by atoms with E-state index < -0.39 is 10.8 Å². The van der Waals surface area contributed by atoms with E-state index in [0.717, 1.165) is 5.56 Å². The lowest BCUT2D eigenvalue weighted by atomic mass is 10.1. The number of nitro groups is 1. The van der Waals surface area contributed by atoms with Crippen LogP contribution in [0.2, 0.25) is 5.02 Å². The molecular formula is C20H15ClN2O4. The molecule has 6 nitrogen and oxygen atoms in total. The lowest BCUT2D eigenvalue weighted by Crippen LogP contribution is -2.13. The van der Waals surface area contributed by atoms with Crippen molar-refractivity contribution in [3.8, 4) is 5.75 Å². The number of amides is 1. The molecule has 0 bridgehead atoms. The first-order valence-electron chi connectivity index (χ1n) is 8.05. The molecule has 3 aromatic carbocycles. The van der Waals surface area contributed by atoms with E-state index >= 15 is 0 Å². The number of nitro benzene ring substituents is 1. The van der Waals surface area contributed by atoms with E-state index in [0.29, 0.717) is 23.1 Å². The summed E-state index contributed by atoms with van der Waals surface area (Å²) in [6, 6.07) is 19.9. The second-order valence-corrected chi connectivity index (χ2v) is 6.04. The number of nitrogens with one attached hydrogen (secondary N) is 1. The van der Waals surface area contributed by atoms with Gasteiger partial charge < -0.3 is 10.1 Å². The van der Waals surface area contributed by atoms with Gasteiger partial charge in [-0.3, -0.25) is 14.9 Å². The van der Waals surface area contributed by atoms with Gasteiger partial charge in [0, 0.05) is 22.3 Å². The SMILES string of the molecule is O=C(Nc1ccc(OCc2ccccc2Cl)cc1)c1ccccc1[N+](=O)[O-]. The number of rotatable bonds is 6. The minimum atomic E-state index is -0.583. The van der Waals surface area contributed by atoms with Crippen molar-refractivity contribution in [2.24, 2.45) is 0 Å². The Bertz CT molecular complexity index is 974. The molecule has 0 atom stereocenters. The van der Waals surface area contributed by atoms with Gasteiger partial charge in [-0.1, -0.05) is 41.9 Å². The summed E-state index contributed by atoms with van der Waals surface area (Å²) in [5, 5.41) is 14.3. The highest BCUT2D eigenvalue weighted by Crippen LogP contribution is 2.22. The second-order valence-electron chi connectivity index (χ2n) is 5.63. The second kappa shape index (κ2) is 8.33. The number of ether oxygens (including phenoxy) is 1. The van der Waals surface area contributed by atoms with Gasteiger partial charge in [0.25, 0.3) is 11.6 Å². The molecule has 0 heterocycles. The van der Waals surface area contributed by atoms with E-state index in [1.165, 1.54) is 18.2 Å². The van der Waals surface area contributed by atoms with Crippen LogP contribution in [0.1, 0.15) is 15.9 Å².